The van der Waals surface area contributed by atoms with Gasteiger partial charge in [0.15, 0.2) is 0 Å². The zero-order valence-electron chi connectivity index (χ0n) is 12.3. The number of nitrogens with two attached hydrogens (primary N) is 1. The van der Waals surface area contributed by atoms with E-state index in [-0.39, 0.29) is 6.61 Å². The fourth-order valence-corrected chi connectivity index (χ4v) is 2.96. The molecule has 1 unspecified atom stereocenters. The van der Waals surface area contributed by atoms with E-state index in [0.29, 0.717) is 17.7 Å². The number of rotatable bonds is 5. The molecule has 1 atom stereocenters. The summed E-state index contributed by atoms with van der Waals surface area (Å²) in [5.74, 6) is 8.09. The Morgan fingerprint density at radius 1 is 1.50 bits per heavy atom. The molecule has 1 aliphatic heterocycles. The molecule has 0 aliphatic carbocycles. The average molecular weight is 279 g/mol. The predicted octanol–water partition coefficient (Wildman–Crippen LogP) is 1.48. The first-order valence-corrected chi connectivity index (χ1v) is 7.34. The highest BCUT2D eigenvalue weighted by atomic mass is 16.3. The molecule has 1 fully saturated rings. The fourth-order valence-electron chi connectivity index (χ4n) is 2.96. The van der Waals surface area contributed by atoms with Crippen molar-refractivity contribution in [1.29, 1.82) is 0 Å². The molecule has 2 heterocycles. The van der Waals surface area contributed by atoms with Gasteiger partial charge >= 0.3 is 0 Å². The van der Waals surface area contributed by atoms with Gasteiger partial charge in [0.05, 0.1) is 0 Å². The third-order valence-corrected chi connectivity index (χ3v) is 3.93. The standard InChI is InChI=1S/C14H25N5O/c1-10(2)12-13(18-15)16-9-17-14(12)19-6-3-4-11(8-19)5-7-20/h9-11,20H,3-8,15H2,1-2H3,(H,16,17,18). The van der Waals surface area contributed by atoms with Crippen molar-refractivity contribution in [2.24, 2.45) is 11.8 Å². The minimum Gasteiger partial charge on any atom is -0.396 e. The largest absolute Gasteiger partial charge is 0.396 e. The third kappa shape index (κ3) is 3.19. The van der Waals surface area contributed by atoms with Crippen molar-refractivity contribution < 1.29 is 5.11 Å². The molecule has 1 aromatic heterocycles. The van der Waals surface area contributed by atoms with Gasteiger partial charge in [-0.25, -0.2) is 15.8 Å². The number of nitrogens with one attached hydrogen (secondary N) is 1. The van der Waals surface area contributed by atoms with E-state index in [9.17, 15) is 0 Å². The van der Waals surface area contributed by atoms with Gasteiger partial charge in [0.2, 0.25) is 0 Å². The molecular weight excluding hydrogens is 254 g/mol. The molecule has 112 valence electrons. The maximum Gasteiger partial charge on any atom is 0.148 e. The lowest BCUT2D eigenvalue weighted by atomic mass is 9.94. The van der Waals surface area contributed by atoms with Crippen molar-refractivity contribution in [3.8, 4) is 0 Å². The summed E-state index contributed by atoms with van der Waals surface area (Å²) < 4.78 is 0. The van der Waals surface area contributed by atoms with Crippen molar-refractivity contribution in [3.63, 3.8) is 0 Å². The Morgan fingerprint density at radius 2 is 2.30 bits per heavy atom. The minimum absolute atomic E-state index is 0.259. The minimum atomic E-state index is 0.259. The number of nitrogens with zero attached hydrogens (tertiary/aromatic N) is 3. The summed E-state index contributed by atoms with van der Waals surface area (Å²) in [4.78, 5) is 11.0. The van der Waals surface area contributed by atoms with Crippen LogP contribution in [0.15, 0.2) is 6.33 Å². The highest BCUT2D eigenvalue weighted by Gasteiger charge is 2.25. The summed E-state index contributed by atoms with van der Waals surface area (Å²) in [5, 5.41) is 9.13. The van der Waals surface area contributed by atoms with Crippen molar-refractivity contribution in [2.75, 3.05) is 30.0 Å². The van der Waals surface area contributed by atoms with Crippen LogP contribution < -0.4 is 16.2 Å². The van der Waals surface area contributed by atoms with E-state index in [4.69, 9.17) is 10.9 Å². The van der Waals surface area contributed by atoms with Crippen molar-refractivity contribution >= 4 is 11.6 Å². The second-order valence-corrected chi connectivity index (χ2v) is 5.73. The monoisotopic (exact) mass is 279 g/mol. The lowest BCUT2D eigenvalue weighted by molar-refractivity contribution is 0.244. The maximum absolute atomic E-state index is 9.13. The van der Waals surface area contributed by atoms with Crippen molar-refractivity contribution in [2.45, 2.75) is 39.0 Å². The van der Waals surface area contributed by atoms with Crippen LogP contribution in [0.4, 0.5) is 11.6 Å². The molecule has 0 aromatic carbocycles. The highest BCUT2D eigenvalue weighted by Crippen LogP contribution is 2.33. The summed E-state index contributed by atoms with van der Waals surface area (Å²) in [6, 6.07) is 0. The quantitative estimate of drug-likeness (QED) is 0.559. The third-order valence-electron chi connectivity index (χ3n) is 3.93. The number of piperidine rings is 1. The lowest BCUT2D eigenvalue weighted by Crippen LogP contribution is -2.37. The maximum atomic E-state index is 9.13. The molecule has 0 spiro atoms. The molecule has 6 heteroatoms. The first kappa shape index (κ1) is 15.0. The second kappa shape index (κ2) is 6.85. The average Bonchev–Trinajstić information content (AvgIpc) is 2.47. The molecule has 1 aromatic rings. The van der Waals surface area contributed by atoms with Crippen LogP contribution in [0.5, 0.6) is 0 Å². The first-order valence-electron chi connectivity index (χ1n) is 7.34. The number of aliphatic hydroxyl groups is 1. The van der Waals surface area contributed by atoms with Crippen LogP contribution in [0.2, 0.25) is 0 Å². The molecule has 4 N–H and O–H groups in total. The van der Waals surface area contributed by atoms with E-state index in [0.717, 1.165) is 37.3 Å². The van der Waals surface area contributed by atoms with Gasteiger partial charge in [-0.2, -0.15) is 0 Å². The summed E-state index contributed by atoms with van der Waals surface area (Å²) in [6.45, 7) is 6.45. The van der Waals surface area contributed by atoms with Crippen LogP contribution in [0.3, 0.4) is 0 Å². The van der Waals surface area contributed by atoms with Gasteiger partial charge in [-0.3, -0.25) is 0 Å². The predicted molar refractivity (Wildman–Crippen MR) is 80.6 cm³/mol. The van der Waals surface area contributed by atoms with E-state index >= 15 is 0 Å². The van der Waals surface area contributed by atoms with Gasteiger partial charge in [0, 0.05) is 25.3 Å². The molecule has 2 rings (SSSR count). The zero-order chi connectivity index (χ0) is 14.5. The van der Waals surface area contributed by atoms with Crippen molar-refractivity contribution in [1.82, 2.24) is 9.97 Å². The smallest absolute Gasteiger partial charge is 0.148 e. The Hall–Kier alpha value is -1.40. The molecule has 6 nitrogen and oxygen atoms in total. The van der Waals surface area contributed by atoms with Gasteiger partial charge in [0.25, 0.3) is 0 Å². The Bertz CT molecular complexity index is 436. The number of hydrogen-bond donors (Lipinski definition) is 3. The van der Waals surface area contributed by atoms with E-state index in [1.54, 1.807) is 6.33 Å². The Kier molecular flexibility index (Phi) is 5.14. The van der Waals surface area contributed by atoms with Crippen LogP contribution in [0.25, 0.3) is 0 Å². The summed E-state index contributed by atoms with van der Waals surface area (Å²) >= 11 is 0. The Balaban J connectivity index is 2.27. The fraction of sp³-hybridized carbons (Fsp3) is 0.714. The molecule has 1 aliphatic rings. The van der Waals surface area contributed by atoms with Crippen LogP contribution in [0.1, 0.15) is 44.6 Å². The van der Waals surface area contributed by atoms with E-state index in [1.165, 1.54) is 6.42 Å². The van der Waals surface area contributed by atoms with Crippen molar-refractivity contribution in [3.05, 3.63) is 11.9 Å². The summed E-state index contributed by atoms with van der Waals surface area (Å²) in [5.41, 5.74) is 3.74. The number of aliphatic hydroxyl groups excluding tert-OH is 1. The first-order chi connectivity index (χ1) is 9.67. The summed E-state index contributed by atoms with van der Waals surface area (Å²) in [7, 11) is 0. The second-order valence-electron chi connectivity index (χ2n) is 5.73. The molecule has 0 saturated carbocycles. The number of aromatic nitrogens is 2. The molecule has 0 radical (unpaired) electrons. The highest BCUT2D eigenvalue weighted by molar-refractivity contribution is 5.60. The molecule has 0 amide bonds. The van der Waals surface area contributed by atoms with Gasteiger partial charge in [-0.15, -0.1) is 0 Å². The molecule has 0 bridgehead atoms. The molecule has 20 heavy (non-hydrogen) atoms. The number of anilines is 2. The number of hydrazine groups is 1. The van der Waals surface area contributed by atoms with Crippen LogP contribution in [0, 0.1) is 5.92 Å². The molecule has 1 saturated heterocycles. The zero-order valence-corrected chi connectivity index (χ0v) is 12.3. The lowest BCUT2D eigenvalue weighted by Gasteiger charge is -2.35. The van der Waals surface area contributed by atoms with Gasteiger partial charge in [-0.1, -0.05) is 13.8 Å². The number of hydrogen-bond acceptors (Lipinski definition) is 6. The van der Waals surface area contributed by atoms with Gasteiger partial charge < -0.3 is 15.4 Å². The SMILES string of the molecule is CC(C)c1c(NN)ncnc1N1CCCC(CCO)C1. The van der Waals surface area contributed by atoms with Crippen LogP contribution in [-0.2, 0) is 0 Å². The summed E-state index contributed by atoms with van der Waals surface area (Å²) in [6.07, 6.45) is 4.74. The van der Waals surface area contributed by atoms with E-state index in [2.05, 4.69) is 34.1 Å². The van der Waals surface area contributed by atoms with Crippen LogP contribution >= 0.6 is 0 Å². The molecular formula is C14H25N5O. The van der Waals surface area contributed by atoms with Gasteiger partial charge in [0.1, 0.15) is 18.0 Å². The Morgan fingerprint density at radius 3 is 2.95 bits per heavy atom. The number of nitrogen functional groups attached to an aromatic ring is 1. The van der Waals surface area contributed by atoms with E-state index < -0.39 is 0 Å². The topological polar surface area (TPSA) is 87.3 Å². The normalized spacial score (nSPS) is 19.4. The van der Waals surface area contributed by atoms with Crippen LogP contribution in [-0.4, -0.2) is 34.8 Å². The van der Waals surface area contributed by atoms with Gasteiger partial charge in [-0.05, 0) is 31.1 Å². The Labute approximate surface area is 120 Å². The van der Waals surface area contributed by atoms with E-state index in [1.807, 2.05) is 0 Å².